The summed E-state index contributed by atoms with van der Waals surface area (Å²) in [7, 11) is 1.62. The van der Waals surface area contributed by atoms with Crippen molar-refractivity contribution >= 4 is 11.8 Å². The molecule has 2 unspecified atom stereocenters. The fourth-order valence-corrected chi connectivity index (χ4v) is 1.97. The van der Waals surface area contributed by atoms with E-state index in [0.717, 1.165) is 13.0 Å². The maximum atomic E-state index is 11.8. The van der Waals surface area contributed by atoms with Gasteiger partial charge in [0, 0.05) is 32.7 Å². The second kappa shape index (κ2) is 7.33. The van der Waals surface area contributed by atoms with Crippen molar-refractivity contribution in [2.24, 2.45) is 0 Å². The van der Waals surface area contributed by atoms with Crippen molar-refractivity contribution < 1.29 is 9.59 Å². The first-order valence-corrected chi connectivity index (χ1v) is 6.54. The topological polar surface area (TPSA) is 73.5 Å². The summed E-state index contributed by atoms with van der Waals surface area (Å²) in [5.74, 6) is -0.0568. The minimum absolute atomic E-state index is 0.0137. The van der Waals surface area contributed by atoms with Crippen molar-refractivity contribution in [2.75, 3.05) is 33.2 Å². The van der Waals surface area contributed by atoms with Crippen LogP contribution >= 0.6 is 0 Å². The van der Waals surface area contributed by atoms with E-state index < -0.39 is 0 Å². The fourth-order valence-electron chi connectivity index (χ4n) is 1.97. The average molecular weight is 256 g/mol. The number of carbonyl (C=O) groups excluding carboxylic acids is 2. The Hall–Kier alpha value is -1.14. The van der Waals surface area contributed by atoms with E-state index in [-0.39, 0.29) is 30.4 Å². The van der Waals surface area contributed by atoms with Gasteiger partial charge in [-0.1, -0.05) is 6.92 Å². The summed E-state index contributed by atoms with van der Waals surface area (Å²) in [4.78, 5) is 25.5. The van der Waals surface area contributed by atoms with Crippen LogP contribution in [-0.4, -0.2) is 62.0 Å². The summed E-state index contributed by atoms with van der Waals surface area (Å²) >= 11 is 0. The third-order valence-electron chi connectivity index (χ3n) is 3.27. The van der Waals surface area contributed by atoms with E-state index in [1.165, 1.54) is 0 Å². The molecule has 18 heavy (non-hydrogen) atoms. The Morgan fingerprint density at radius 3 is 2.83 bits per heavy atom. The first kappa shape index (κ1) is 14.9. The molecule has 104 valence electrons. The molecule has 6 heteroatoms. The normalized spacial score (nSPS) is 22.3. The molecule has 0 aromatic carbocycles. The van der Waals surface area contributed by atoms with Crippen LogP contribution in [-0.2, 0) is 9.59 Å². The Kier molecular flexibility index (Phi) is 6.07. The summed E-state index contributed by atoms with van der Waals surface area (Å²) in [5, 5.41) is 8.73. The van der Waals surface area contributed by atoms with Crippen molar-refractivity contribution in [3.63, 3.8) is 0 Å². The van der Waals surface area contributed by atoms with Crippen LogP contribution < -0.4 is 16.0 Å². The monoisotopic (exact) mass is 256 g/mol. The second-order valence-corrected chi connectivity index (χ2v) is 4.68. The molecule has 3 N–H and O–H groups in total. The van der Waals surface area contributed by atoms with E-state index in [9.17, 15) is 9.59 Å². The molecule has 0 bridgehead atoms. The molecule has 0 aliphatic carbocycles. The molecule has 0 spiro atoms. The van der Waals surface area contributed by atoms with Gasteiger partial charge in [-0.25, -0.2) is 0 Å². The number of nitrogens with zero attached hydrogens (tertiary/aromatic N) is 1. The van der Waals surface area contributed by atoms with Crippen LogP contribution in [0.1, 0.15) is 20.3 Å². The van der Waals surface area contributed by atoms with Gasteiger partial charge in [0.05, 0.1) is 6.54 Å². The minimum atomic E-state index is -0.258. The highest BCUT2D eigenvalue weighted by molar-refractivity contribution is 5.83. The summed E-state index contributed by atoms with van der Waals surface area (Å²) in [6.07, 6.45) is 0.909. The molecule has 6 nitrogen and oxygen atoms in total. The summed E-state index contributed by atoms with van der Waals surface area (Å²) in [5.41, 5.74) is 0. The zero-order valence-electron chi connectivity index (χ0n) is 11.5. The number of nitrogens with one attached hydrogen (secondary N) is 3. The highest BCUT2D eigenvalue weighted by Gasteiger charge is 2.29. The fraction of sp³-hybridized carbons (Fsp3) is 0.833. The van der Waals surface area contributed by atoms with E-state index in [1.807, 2.05) is 18.7 Å². The van der Waals surface area contributed by atoms with Crippen LogP contribution in [0.15, 0.2) is 0 Å². The molecule has 1 saturated heterocycles. The van der Waals surface area contributed by atoms with Gasteiger partial charge in [-0.05, 0) is 13.3 Å². The zero-order valence-corrected chi connectivity index (χ0v) is 11.5. The predicted octanol–water partition coefficient (Wildman–Crippen LogP) is -1.08. The average Bonchev–Trinajstić information content (AvgIpc) is 2.38. The first-order chi connectivity index (χ1) is 8.58. The summed E-state index contributed by atoms with van der Waals surface area (Å²) in [6, 6.07) is -0.0784. The smallest absolute Gasteiger partial charge is 0.238 e. The number of piperazine rings is 1. The van der Waals surface area contributed by atoms with E-state index in [2.05, 4.69) is 16.0 Å². The Balaban J connectivity index is 2.51. The van der Waals surface area contributed by atoms with Crippen molar-refractivity contribution in [1.82, 2.24) is 20.9 Å². The molecule has 0 aromatic heterocycles. The van der Waals surface area contributed by atoms with Crippen molar-refractivity contribution in [1.29, 1.82) is 0 Å². The lowest BCUT2D eigenvalue weighted by Gasteiger charge is -2.34. The molecule has 0 aromatic rings. The molecule has 2 atom stereocenters. The van der Waals surface area contributed by atoms with E-state index in [1.54, 1.807) is 7.05 Å². The Morgan fingerprint density at radius 1 is 1.50 bits per heavy atom. The molecule has 1 aliphatic heterocycles. The van der Waals surface area contributed by atoms with Crippen molar-refractivity contribution in [3.05, 3.63) is 0 Å². The molecular formula is C12H24N4O2. The zero-order chi connectivity index (χ0) is 13.5. The Labute approximate surface area is 108 Å². The van der Waals surface area contributed by atoms with Crippen molar-refractivity contribution in [2.45, 2.75) is 32.4 Å². The quantitative estimate of drug-likeness (QED) is 0.585. The van der Waals surface area contributed by atoms with Crippen molar-refractivity contribution in [3.8, 4) is 0 Å². The van der Waals surface area contributed by atoms with Gasteiger partial charge in [-0.15, -0.1) is 0 Å². The Morgan fingerprint density at radius 2 is 2.22 bits per heavy atom. The molecule has 1 fully saturated rings. The van der Waals surface area contributed by atoms with Crippen LogP contribution in [0.3, 0.4) is 0 Å². The van der Waals surface area contributed by atoms with E-state index in [4.69, 9.17) is 0 Å². The third-order valence-corrected chi connectivity index (χ3v) is 3.27. The van der Waals surface area contributed by atoms with Crippen LogP contribution in [0.4, 0.5) is 0 Å². The largest absolute Gasteiger partial charge is 0.358 e. The van der Waals surface area contributed by atoms with Crippen LogP contribution in [0, 0.1) is 0 Å². The van der Waals surface area contributed by atoms with Crippen LogP contribution in [0.5, 0.6) is 0 Å². The Bertz CT molecular complexity index is 296. The number of likely N-dealkylation sites (N-methyl/N-ethyl adjacent to an activating group) is 1. The molecular weight excluding hydrogens is 232 g/mol. The molecule has 1 heterocycles. The van der Waals surface area contributed by atoms with Gasteiger partial charge in [0.25, 0.3) is 0 Å². The van der Waals surface area contributed by atoms with Crippen LogP contribution in [0.25, 0.3) is 0 Å². The molecule has 1 rings (SSSR count). The minimum Gasteiger partial charge on any atom is -0.358 e. The van der Waals surface area contributed by atoms with Crippen LogP contribution in [0.2, 0.25) is 0 Å². The molecule has 0 radical (unpaired) electrons. The highest BCUT2D eigenvalue weighted by atomic mass is 16.2. The summed E-state index contributed by atoms with van der Waals surface area (Å²) in [6.45, 7) is 6.41. The number of hydrogen-bond acceptors (Lipinski definition) is 4. The lowest BCUT2D eigenvalue weighted by molar-refractivity contribution is -0.129. The standard InChI is InChI=1S/C12H24N4O2/c1-4-9(2)15-11(17)8-16-6-5-14-7-10(16)12(18)13-3/h9-10,14H,4-8H2,1-3H3,(H,13,18)(H,15,17). The van der Waals surface area contributed by atoms with E-state index in [0.29, 0.717) is 13.1 Å². The predicted molar refractivity (Wildman–Crippen MR) is 70.2 cm³/mol. The lowest BCUT2D eigenvalue weighted by atomic mass is 10.1. The first-order valence-electron chi connectivity index (χ1n) is 6.54. The maximum Gasteiger partial charge on any atom is 0.238 e. The van der Waals surface area contributed by atoms with Gasteiger partial charge in [-0.3, -0.25) is 14.5 Å². The van der Waals surface area contributed by atoms with Gasteiger partial charge in [0.1, 0.15) is 6.04 Å². The lowest BCUT2D eigenvalue weighted by Crippen LogP contribution is -2.59. The maximum absolute atomic E-state index is 11.8. The third kappa shape index (κ3) is 4.27. The molecule has 2 amide bonds. The number of rotatable bonds is 5. The van der Waals surface area contributed by atoms with E-state index >= 15 is 0 Å². The number of amides is 2. The number of hydrogen-bond donors (Lipinski definition) is 3. The number of carbonyl (C=O) groups is 2. The van der Waals surface area contributed by atoms with Gasteiger partial charge >= 0.3 is 0 Å². The van der Waals surface area contributed by atoms with Gasteiger partial charge in [0.15, 0.2) is 0 Å². The molecule has 1 aliphatic rings. The van der Waals surface area contributed by atoms with Gasteiger partial charge < -0.3 is 16.0 Å². The summed E-state index contributed by atoms with van der Waals surface area (Å²) < 4.78 is 0. The highest BCUT2D eigenvalue weighted by Crippen LogP contribution is 2.03. The van der Waals surface area contributed by atoms with Gasteiger partial charge in [0.2, 0.25) is 11.8 Å². The second-order valence-electron chi connectivity index (χ2n) is 4.68. The van der Waals surface area contributed by atoms with Gasteiger partial charge in [-0.2, -0.15) is 0 Å². The molecule has 0 saturated carbocycles. The SMILES string of the molecule is CCC(C)NC(=O)CN1CCNCC1C(=O)NC.